The molecule has 1 rings (SSSR count). The third-order valence-electron chi connectivity index (χ3n) is 4.01. The van der Waals surface area contributed by atoms with Crippen LogP contribution in [0.15, 0.2) is 0 Å². The van der Waals surface area contributed by atoms with Crippen molar-refractivity contribution in [2.24, 2.45) is 0 Å². The van der Waals surface area contributed by atoms with E-state index in [1.807, 2.05) is 0 Å². The van der Waals surface area contributed by atoms with Gasteiger partial charge in [0.15, 0.2) is 6.29 Å². The predicted octanol–water partition coefficient (Wildman–Crippen LogP) is 3.58. The van der Waals surface area contributed by atoms with Crippen molar-refractivity contribution in [3.05, 3.63) is 0 Å². The fourth-order valence-electron chi connectivity index (χ4n) is 2.32. The Morgan fingerprint density at radius 1 is 1.18 bits per heavy atom. The first kappa shape index (κ1) is 14.8. The third kappa shape index (κ3) is 4.13. The highest BCUT2D eigenvalue weighted by molar-refractivity contribution is 6.87. The molecule has 3 heteroatoms. The minimum Gasteiger partial charge on any atom is -0.356 e. The summed E-state index contributed by atoms with van der Waals surface area (Å²) in [5.41, 5.74) is 3.60. The highest BCUT2D eigenvalue weighted by Gasteiger charge is 2.25. The summed E-state index contributed by atoms with van der Waals surface area (Å²) < 4.78 is 11.0. The molecule has 98 valence electrons. The van der Waals surface area contributed by atoms with Gasteiger partial charge in [-0.25, -0.2) is 0 Å². The second kappa shape index (κ2) is 7.20. The molecule has 17 heavy (non-hydrogen) atoms. The highest BCUT2D eigenvalue weighted by Crippen LogP contribution is 2.21. The largest absolute Gasteiger partial charge is 0.356 e. The molecule has 2 nitrogen and oxygen atoms in total. The fraction of sp³-hybridized carbons (Fsp3) is 0.857. The molecule has 0 aromatic rings. The van der Waals surface area contributed by atoms with E-state index in [0.717, 1.165) is 19.3 Å². The van der Waals surface area contributed by atoms with Crippen molar-refractivity contribution >= 4 is 8.07 Å². The molecule has 1 aliphatic heterocycles. The first-order valence-electron chi connectivity index (χ1n) is 6.90. The molecular formula is C14H26O2Si. The Hall–Kier alpha value is -0.303. The van der Waals surface area contributed by atoms with Crippen molar-refractivity contribution in [3.63, 3.8) is 0 Å². The molecule has 0 N–H and O–H groups in total. The molecular weight excluding hydrogens is 228 g/mol. The van der Waals surface area contributed by atoms with Crippen LogP contribution in [0.4, 0.5) is 0 Å². The van der Waals surface area contributed by atoms with E-state index in [1.54, 1.807) is 7.11 Å². The van der Waals surface area contributed by atoms with Crippen molar-refractivity contribution in [2.75, 3.05) is 7.11 Å². The normalized spacial score (nSPS) is 25.2. The van der Waals surface area contributed by atoms with Crippen LogP contribution in [0.2, 0.25) is 18.1 Å². The minimum absolute atomic E-state index is 0.0380. The van der Waals surface area contributed by atoms with Crippen LogP contribution in [0.1, 0.15) is 40.0 Å². The molecule has 1 saturated heterocycles. The summed E-state index contributed by atoms with van der Waals surface area (Å²) in [5, 5.41) is 0. The summed E-state index contributed by atoms with van der Waals surface area (Å²) >= 11 is 0. The molecule has 0 unspecified atom stereocenters. The summed E-state index contributed by atoms with van der Waals surface area (Å²) in [5.74, 6) is 3.39. The molecule has 0 spiro atoms. The van der Waals surface area contributed by atoms with E-state index in [1.165, 1.54) is 18.1 Å². The molecule has 1 heterocycles. The van der Waals surface area contributed by atoms with E-state index in [9.17, 15) is 0 Å². The quantitative estimate of drug-likeness (QED) is 0.564. The molecule has 0 amide bonds. The Morgan fingerprint density at radius 2 is 1.82 bits per heavy atom. The van der Waals surface area contributed by atoms with E-state index < -0.39 is 8.07 Å². The average molecular weight is 254 g/mol. The zero-order valence-corrected chi connectivity index (χ0v) is 12.7. The van der Waals surface area contributed by atoms with Crippen LogP contribution < -0.4 is 0 Å². The summed E-state index contributed by atoms with van der Waals surface area (Å²) in [6.45, 7) is 6.86. The SMILES string of the molecule is CC[Si](C#C[C@H]1CCC[C@@H](OC)O1)(CC)CC. The van der Waals surface area contributed by atoms with Gasteiger partial charge in [-0.05, 0) is 37.4 Å². The van der Waals surface area contributed by atoms with Gasteiger partial charge in [-0.1, -0.05) is 26.7 Å². The molecule has 0 aliphatic carbocycles. The smallest absolute Gasteiger partial charge is 0.158 e. The lowest BCUT2D eigenvalue weighted by molar-refractivity contribution is -0.164. The molecule has 0 aromatic heterocycles. The topological polar surface area (TPSA) is 18.5 Å². The number of methoxy groups -OCH3 is 1. The predicted molar refractivity (Wildman–Crippen MR) is 74.5 cm³/mol. The Balaban J connectivity index is 2.63. The van der Waals surface area contributed by atoms with Crippen LogP contribution in [0.3, 0.4) is 0 Å². The molecule has 0 radical (unpaired) electrons. The van der Waals surface area contributed by atoms with E-state index >= 15 is 0 Å². The Kier molecular flexibility index (Phi) is 6.25. The fourth-order valence-corrected chi connectivity index (χ4v) is 4.82. The monoisotopic (exact) mass is 254 g/mol. The maximum absolute atomic E-state index is 5.79. The van der Waals surface area contributed by atoms with Gasteiger partial charge in [0.05, 0.1) is 0 Å². The van der Waals surface area contributed by atoms with Crippen molar-refractivity contribution in [3.8, 4) is 11.5 Å². The molecule has 1 fully saturated rings. The van der Waals surface area contributed by atoms with Gasteiger partial charge >= 0.3 is 0 Å². The standard InChI is InChI=1S/C14H26O2Si/c1-5-17(6-2,7-3)12-11-13-9-8-10-14(15-4)16-13/h13-14H,5-10H2,1-4H3/t13-,14+/m1/s1. The number of hydrogen-bond donors (Lipinski definition) is 0. The van der Waals surface area contributed by atoms with Crippen LogP contribution in [-0.2, 0) is 9.47 Å². The summed E-state index contributed by atoms with van der Waals surface area (Å²) in [6.07, 6.45) is 3.30. The summed E-state index contributed by atoms with van der Waals surface area (Å²) in [7, 11) is 0.396. The Morgan fingerprint density at radius 3 is 2.35 bits per heavy atom. The maximum atomic E-state index is 5.79. The van der Waals surface area contributed by atoms with Gasteiger partial charge in [0.25, 0.3) is 0 Å². The molecule has 0 aromatic carbocycles. The van der Waals surface area contributed by atoms with Gasteiger partial charge < -0.3 is 9.47 Å². The van der Waals surface area contributed by atoms with Crippen molar-refractivity contribution in [1.82, 2.24) is 0 Å². The molecule has 2 atom stereocenters. The average Bonchev–Trinajstić information content (AvgIpc) is 2.41. The lowest BCUT2D eigenvalue weighted by atomic mass is 10.1. The summed E-state index contributed by atoms with van der Waals surface area (Å²) in [4.78, 5) is 0. The van der Waals surface area contributed by atoms with Gasteiger partial charge in [-0.3, -0.25) is 0 Å². The van der Waals surface area contributed by atoms with E-state index in [2.05, 4.69) is 32.2 Å². The Labute approximate surface area is 107 Å². The van der Waals surface area contributed by atoms with Gasteiger partial charge in [-0.15, -0.1) is 5.54 Å². The third-order valence-corrected chi connectivity index (χ3v) is 8.75. The van der Waals surface area contributed by atoms with Crippen LogP contribution in [0.25, 0.3) is 0 Å². The maximum Gasteiger partial charge on any atom is 0.158 e. The van der Waals surface area contributed by atoms with Crippen LogP contribution >= 0.6 is 0 Å². The number of hydrogen-bond acceptors (Lipinski definition) is 2. The zero-order chi connectivity index (χ0) is 12.7. The van der Waals surface area contributed by atoms with E-state index in [0.29, 0.717) is 0 Å². The number of ether oxygens (including phenoxy) is 2. The minimum atomic E-state index is -1.32. The Bertz CT molecular complexity index is 267. The van der Waals surface area contributed by atoms with E-state index in [4.69, 9.17) is 9.47 Å². The highest BCUT2D eigenvalue weighted by atomic mass is 28.3. The number of rotatable bonds is 4. The molecule has 1 aliphatic rings. The first-order valence-corrected chi connectivity index (χ1v) is 9.52. The zero-order valence-electron chi connectivity index (χ0n) is 11.7. The second-order valence-electron chi connectivity index (χ2n) is 4.83. The lowest BCUT2D eigenvalue weighted by Gasteiger charge is -2.26. The second-order valence-corrected chi connectivity index (χ2v) is 9.76. The summed E-state index contributed by atoms with van der Waals surface area (Å²) in [6, 6.07) is 3.77. The lowest BCUT2D eigenvalue weighted by Crippen LogP contribution is -2.32. The van der Waals surface area contributed by atoms with Crippen LogP contribution in [-0.4, -0.2) is 27.6 Å². The van der Waals surface area contributed by atoms with Crippen molar-refractivity contribution < 1.29 is 9.47 Å². The van der Waals surface area contributed by atoms with E-state index in [-0.39, 0.29) is 12.4 Å². The van der Waals surface area contributed by atoms with Gasteiger partial charge in [0.1, 0.15) is 14.2 Å². The van der Waals surface area contributed by atoms with Crippen LogP contribution in [0, 0.1) is 11.5 Å². The van der Waals surface area contributed by atoms with Crippen molar-refractivity contribution in [2.45, 2.75) is 70.6 Å². The van der Waals surface area contributed by atoms with Crippen molar-refractivity contribution in [1.29, 1.82) is 0 Å². The molecule has 0 saturated carbocycles. The first-order chi connectivity index (χ1) is 8.19. The van der Waals surface area contributed by atoms with Crippen LogP contribution in [0.5, 0.6) is 0 Å². The van der Waals surface area contributed by atoms with Gasteiger partial charge in [0, 0.05) is 7.11 Å². The van der Waals surface area contributed by atoms with Gasteiger partial charge in [-0.2, -0.15) is 0 Å². The molecule has 0 bridgehead atoms. The van der Waals surface area contributed by atoms with Gasteiger partial charge in [0.2, 0.25) is 0 Å².